The third kappa shape index (κ3) is 7.90. The van der Waals surface area contributed by atoms with E-state index in [2.05, 4.69) is 12.0 Å². The van der Waals surface area contributed by atoms with Gasteiger partial charge in [0.25, 0.3) is 0 Å². The molecule has 0 bridgehead atoms. The number of rotatable bonds is 9. The Labute approximate surface area is 113 Å². The molecule has 1 rings (SSSR count). The van der Waals surface area contributed by atoms with Crippen LogP contribution in [-0.4, -0.2) is 16.0 Å². The summed E-state index contributed by atoms with van der Waals surface area (Å²) in [6.07, 6.45) is 5.64. The molecule has 0 aliphatic rings. The first-order chi connectivity index (χ1) is 9.01. The molecule has 110 valence electrons. The number of aryl methyl sites for hydroxylation is 2. The van der Waals surface area contributed by atoms with Crippen LogP contribution in [0.1, 0.15) is 57.4 Å². The van der Waals surface area contributed by atoms with Crippen molar-refractivity contribution in [3.8, 4) is 0 Å². The third-order valence-electron chi connectivity index (χ3n) is 3.10. The van der Waals surface area contributed by atoms with Crippen molar-refractivity contribution in [2.24, 2.45) is 0 Å². The van der Waals surface area contributed by atoms with Crippen LogP contribution in [0.5, 0.6) is 0 Å². The van der Waals surface area contributed by atoms with E-state index in [1.807, 2.05) is 12.4 Å². The number of aromatic nitrogens is 2. The highest BCUT2D eigenvalue weighted by Crippen LogP contribution is 2.22. The molecule has 0 aliphatic heterocycles. The highest BCUT2D eigenvalue weighted by molar-refractivity contribution is 5.03. The predicted octanol–water partition coefficient (Wildman–Crippen LogP) is 4.74. The predicted molar refractivity (Wildman–Crippen MR) is 70.0 cm³/mol. The molecule has 2 nitrogen and oxygen atoms in total. The van der Waals surface area contributed by atoms with E-state index in [9.17, 15) is 13.2 Å². The summed E-state index contributed by atoms with van der Waals surface area (Å²) in [4.78, 5) is 0. The first-order valence-corrected chi connectivity index (χ1v) is 7.09. The Morgan fingerprint density at radius 2 is 1.89 bits per heavy atom. The van der Waals surface area contributed by atoms with Gasteiger partial charge in [-0.25, -0.2) is 0 Å². The van der Waals surface area contributed by atoms with Crippen molar-refractivity contribution in [2.45, 2.75) is 71.0 Å². The maximum Gasteiger partial charge on any atom is 0.389 e. The molecular weight excluding hydrogens is 253 g/mol. The van der Waals surface area contributed by atoms with Gasteiger partial charge in [-0.1, -0.05) is 26.2 Å². The van der Waals surface area contributed by atoms with E-state index in [4.69, 9.17) is 0 Å². The Hall–Kier alpha value is -1.00. The minimum atomic E-state index is -4.03. The van der Waals surface area contributed by atoms with Gasteiger partial charge in [-0.2, -0.15) is 18.3 Å². The van der Waals surface area contributed by atoms with E-state index in [0.717, 1.165) is 12.8 Å². The monoisotopic (exact) mass is 276 g/mol. The summed E-state index contributed by atoms with van der Waals surface area (Å²) in [6.45, 7) is 2.75. The maximum absolute atomic E-state index is 12.0. The summed E-state index contributed by atoms with van der Waals surface area (Å²) in [5.41, 5.74) is 1.19. The SMILES string of the molecule is CCCCCCc1cnn(CCCCC(F)(F)F)c1. The van der Waals surface area contributed by atoms with Crippen LogP contribution >= 0.6 is 0 Å². The molecule has 0 N–H and O–H groups in total. The molecule has 5 heteroatoms. The molecule has 0 spiro atoms. The molecular formula is C14H23F3N2. The van der Waals surface area contributed by atoms with Gasteiger partial charge in [0.15, 0.2) is 0 Å². The molecule has 0 atom stereocenters. The molecule has 0 aromatic carbocycles. The fourth-order valence-electron chi connectivity index (χ4n) is 2.01. The second-order valence-electron chi connectivity index (χ2n) is 4.99. The van der Waals surface area contributed by atoms with Crippen LogP contribution in [0, 0.1) is 0 Å². The molecule has 1 heterocycles. The molecule has 1 aromatic rings. The Morgan fingerprint density at radius 3 is 2.58 bits per heavy atom. The third-order valence-corrected chi connectivity index (χ3v) is 3.10. The van der Waals surface area contributed by atoms with Crippen molar-refractivity contribution in [3.63, 3.8) is 0 Å². The van der Waals surface area contributed by atoms with Crippen LogP contribution < -0.4 is 0 Å². The first-order valence-electron chi connectivity index (χ1n) is 7.09. The van der Waals surface area contributed by atoms with Crippen molar-refractivity contribution < 1.29 is 13.2 Å². The number of hydrogen-bond donors (Lipinski definition) is 0. The summed E-state index contributed by atoms with van der Waals surface area (Å²) in [5, 5.41) is 4.18. The molecule has 0 fully saturated rings. The second-order valence-corrected chi connectivity index (χ2v) is 4.99. The van der Waals surface area contributed by atoms with Crippen molar-refractivity contribution in [1.29, 1.82) is 0 Å². The van der Waals surface area contributed by atoms with E-state index in [0.29, 0.717) is 13.0 Å². The van der Waals surface area contributed by atoms with E-state index in [-0.39, 0.29) is 6.42 Å². The van der Waals surface area contributed by atoms with Gasteiger partial charge in [-0.3, -0.25) is 4.68 Å². The quantitative estimate of drug-likeness (QED) is 0.596. The zero-order valence-electron chi connectivity index (χ0n) is 11.5. The van der Waals surface area contributed by atoms with Crippen LogP contribution in [0.2, 0.25) is 0 Å². The molecule has 0 saturated carbocycles. The summed E-state index contributed by atoms with van der Waals surface area (Å²) < 4.78 is 37.7. The Kier molecular flexibility index (Phi) is 6.95. The number of halogens is 3. The van der Waals surface area contributed by atoms with Crippen LogP contribution in [0.15, 0.2) is 12.4 Å². The minimum absolute atomic E-state index is 0.176. The highest BCUT2D eigenvalue weighted by atomic mass is 19.4. The van der Waals surface area contributed by atoms with Gasteiger partial charge in [-0.15, -0.1) is 0 Å². The lowest BCUT2D eigenvalue weighted by molar-refractivity contribution is -0.135. The summed E-state index contributed by atoms with van der Waals surface area (Å²) >= 11 is 0. The lowest BCUT2D eigenvalue weighted by Gasteiger charge is -2.05. The average molecular weight is 276 g/mol. The fourth-order valence-corrected chi connectivity index (χ4v) is 2.01. The number of alkyl halides is 3. The molecule has 1 aromatic heterocycles. The maximum atomic E-state index is 12.0. The van der Waals surface area contributed by atoms with Crippen molar-refractivity contribution in [3.05, 3.63) is 18.0 Å². The van der Waals surface area contributed by atoms with Gasteiger partial charge in [0.1, 0.15) is 0 Å². The topological polar surface area (TPSA) is 17.8 Å². The van der Waals surface area contributed by atoms with E-state index < -0.39 is 12.6 Å². The van der Waals surface area contributed by atoms with Crippen LogP contribution in [0.3, 0.4) is 0 Å². The van der Waals surface area contributed by atoms with Crippen molar-refractivity contribution in [2.75, 3.05) is 0 Å². The zero-order valence-corrected chi connectivity index (χ0v) is 11.5. The normalized spacial score (nSPS) is 12.0. The molecule has 0 radical (unpaired) electrons. The average Bonchev–Trinajstić information content (AvgIpc) is 2.77. The highest BCUT2D eigenvalue weighted by Gasteiger charge is 2.25. The number of hydrogen-bond acceptors (Lipinski definition) is 1. The van der Waals surface area contributed by atoms with E-state index >= 15 is 0 Å². The van der Waals surface area contributed by atoms with Gasteiger partial charge in [0.05, 0.1) is 6.20 Å². The zero-order chi connectivity index (χ0) is 14.1. The Balaban J connectivity index is 2.16. The summed E-state index contributed by atoms with van der Waals surface area (Å²) in [7, 11) is 0. The molecule has 0 saturated heterocycles. The first kappa shape index (κ1) is 16.1. The summed E-state index contributed by atoms with van der Waals surface area (Å²) in [5.74, 6) is 0. The standard InChI is InChI=1S/C14H23F3N2/c1-2-3-4-5-8-13-11-18-19(12-13)10-7-6-9-14(15,16)17/h11-12H,2-10H2,1H3. The largest absolute Gasteiger partial charge is 0.389 e. The van der Waals surface area contributed by atoms with Gasteiger partial charge in [-0.05, 0) is 31.2 Å². The van der Waals surface area contributed by atoms with Crippen molar-refractivity contribution in [1.82, 2.24) is 9.78 Å². The molecule has 19 heavy (non-hydrogen) atoms. The summed E-state index contributed by atoms with van der Waals surface area (Å²) in [6, 6.07) is 0. The lowest BCUT2D eigenvalue weighted by atomic mass is 10.1. The van der Waals surface area contributed by atoms with Crippen molar-refractivity contribution >= 4 is 0 Å². The van der Waals surface area contributed by atoms with Crippen LogP contribution in [0.25, 0.3) is 0 Å². The van der Waals surface area contributed by atoms with Crippen LogP contribution in [-0.2, 0) is 13.0 Å². The van der Waals surface area contributed by atoms with E-state index in [1.54, 1.807) is 4.68 Å². The second kappa shape index (κ2) is 8.23. The fraction of sp³-hybridized carbons (Fsp3) is 0.786. The lowest BCUT2D eigenvalue weighted by Crippen LogP contribution is -2.07. The smallest absolute Gasteiger partial charge is 0.272 e. The van der Waals surface area contributed by atoms with Gasteiger partial charge >= 0.3 is 6.18 Å². The van der Waals surface area contributed by atoms with Gasteiger partial charge in [0, 0.05) is 19.2 Å². The van der Waals surface area contributed by atoms with E-state index in [1.165, 1.54) is 24.8 Å². The molecule has 0 amide bonds. The molecule has 0 aliphatic carbocycles. The Bertz CT molecular complexity index is 345. The minimum Gasteiger partial charge on any atom is -0.272 e. The number of unbranched alkanes of at least 4 members (excludes halogenated alkanes) is 4. The number of nitrogens with zero attached hydrogens (tertiary/aromatic N) is 2. The molecule has 0 unspecified atom stereocenters. The van der Waals surface area contributed by atoms with Gasteiger partial charge < -0.3 is 0 Å². The van der Waals surface area contributed by atoms with Crippen LogP contribution in [0.4, 0.5) is 13.2 Å². The Morgan fingerprint density at radius 1 is 1.11 bits per heavy atom. The van der Waals surface area contributed by atoms with Gasteiger partial charge in [0.2, 0.25) is 0 Å².